The molecule has 1 amide bonds. The quantitative estimate of drug-likeness (QED) is 0.494. The Morgan fingerprint density at radius 2 is 1.74 bits per heavy atom. The number of oxime groups is 1. The van der Waals surface area contributed by atoms with Crippen LogP contribution in [0.15, 0.2) is 41.9 Å². The summed E-state index contributed by atoms with van der Waals surface area (Å²) < 4.78 is 0. The fourth-order valence-electron chi connectivity index (χ4n) is 4.68. The number of hydrogen-bond donors (Lipinski definition) is 1. The van der Waals surface area contributed by atoms with Crippen molar-refractivity contribution in [3.63, 3.8) is 0 Å². The Labute approximate surface area is 201 Å². The number of nitrogen functional groups attached to an aromatic ring is 1. The summed E-state index contributed by atoms with van der Waals surface area (Å²) in [5.74, 6) is 0.928. The Bertz CT molecular complexity index is 949. The van der Waals surface area contributed by atoms with Gasteiger partial charge in [-0.25, -0.2) is 9.97 Å². The number of rotatable bonds is 7. The molecule has 2 fully saturated rings. The van der Waals surface area contributed by atoms with Gasteiger partial charge in [-0.05, 0) is 64.8 Å². The van der Waals surface area contributed by atoms with Gasteiger partial charge in [0.2, 0.25) is 11.9 Å². The highest BCUT2D eigenvalue weighted by molar-refractivity contribution is 6.00. The Balaban J connectivity index is 1.28. The lowest BCUT2D eigenvalue weighted by molar-refractivity contribution is -0.138. The van der Waals surface area contributed by atoms with E-state index in [1.165, 1.54) is 0 Å². The lowest BCUT2D eigenvalue weighted by Crippen LogP contribution is -2.46. The molecule has 0 bridgehead atoms. The zero-order valence-electron chi connectivity index (χ0n) is 20.1. The van der Waals surface area contributed by atoms with E-state index in [1.54, 1.807) is 18.6 Å². The number of nitrogens with zero attached hydrogens (tertiary/aromatic N) is 6. The third kappa shape index (κ3) is 6.28. The molecule has 182 valence electrons. The number of likely N-dealkylation sites (tertiary alicyclic amines) is 2. The van der Waals surface area contributed by atoms with Crippen LogP contribution in [0.3, 0.4) is 0 Å². The van der Waals surface area contributed by atoms with Crippen molar-refractivity contribution in [1.82, 2.24) is 24.8 Å². The number of anilines is 1. The van der Waals surface area contributed by atoms with Crippen LogP contribution in [0.2, 0.25) is 0 Å². The second kappa shape index (κ2) is 11.4. The average molecular weight is 466 g/mol. The van der Waals surface area contributed by atoms with Crippen LogP contribution in [-0.4, -0.2) is 68.7 Å². The number of piperidine rings is 2. The topological polar surface area (TPSA) is 110 Å². The van der Waals surface area contributed by atoms with Crippen molar-refractivity contribution in [3.8, 4) is 0 Å². The molecule has 4 rings (SSSR count). The molecule has 2 N–H and O–H groups in total. The highest BCUT2D eigenvalue weighted by atomic mass is 16.6. The molecule has 0 spiro atoms. The average Bonchev–Trinajstić information content (AvgIpc) is 2.86. The van der Waals surface area contributed by atoms with Gasteiger partial charge in [0.05, 0.1) is 5.69 Å². The van der Waals surface area contributed by atoms with Crippen LogP contribution in [0, 0.1) is 11.8 Å². The van der Waals surface area contributed by atoms with Gasteiger partial charge < -0.3 is 15.5 Å². The first-order valence-electron chi connectivity index (χ1n) is 12.2. The molecule has 2 aromatic rings. The molecule has 4 heterocycles. The van der Waals surface area contributed by atoms with Gasteiger partial charge in [-0.1, -0.05) is 11.2 Å². The van der Waals surface area contributed by atoms with E-state index in [4.69, 9.17) is 10.6 Å². The van der Waals surface area contributed by atoms with E-state index in [0.29, 0.717) is 11.9 Å². The Morgan fingerprint density at radius 1 is 1.06 bits per heavy atom. The van der Waals surface area contributed by atoms with Crippen LogP contribution in [0.5, 0.6) is 0 Å². The Hall–Kier alpha value is -3.07. The lowest BCUT2D eigenvalue weighted by Gasteiger charge is -2.37. The predicted molar refractivity (Wildman–Crippen MR) is 131 cm³/mol. The standard InChI is InChI=1S/C25H35N7O2/c1-18(2)34-30-23(22-5-3-4-10-27-22)20-8-13-32(14-9-20)24(33)21-6-11-31(12-7-21)17-19-15-28-25(26)29-16-19/h3-5,10,15-16,18,20-21H,6-9,11-14,17H2,1-2H3,(H2,26,28,29)/b30-23-. The van der Waals surface area contributed by atoms with Crippen molar-refractivity contribution in [1.29, 1.82) is 0 Å². The number of aromatic nitrogens is 3. The molecule has 9 nitrogen and oxygen atoms in total. The molecule has 0 radical (unpaired) electrons. The van der Waals surface area contributed by atoms with Gasteiger partial charge >= 0.3 is 0 Å². The van der Waals surface area contributed by atoms with Crippen molar-refractivity contribution in [2.75, 3.05) is 31.9 Å². The van der Waals surface area contributed by atoms with Gasteiger partial charge in [-0.2, -0.15) is 0 Å². The van der Waals surface area contributed by atoms with Crippen LogP contribution in [-0.2, 0) is 16.2 Å². The first-order valence-corrected chi connectivity index (χ1v) is 12.2. The van der Waals surface area contributed by atoms with E-state index in [9.17, 15) is 4.79 Å². The van der Waals surface area contributed by atoms with Gasteiger partial charge in [0.25, 0.3) is 0 Å². The van der Waals surface area contributed by atoms with Crippen molar-refractivity contribution >= 4 is 17.6 Å². The second-order valence-corrected chi connectivity index (χ2v) is 9.45. The molecular weight excluding hydrogens is 430 g/mol. The normalized spacial score (nSPS) is 18.9. The van der Waals surface area contributed by atoms with Gasteiger partial charge in [0, 0.05) is 55.6 Å². The zero-order valence-corrected chi connectivity index (χ0v) is 20.1. The summed E-state index contributed by atoms with van der Waals surface area (Å²) in [5, 5.41) is 4.45. The molecule has 2 saturated heterocycles. The first kappa shape index (κ1) is 24.1. The summed E-state index contributed by atoms with van der Waals surface area (Å²) in [5.41, 5.74) is 8.36. The molecule has 34 heavy (non-hydrogen) atoms. The molecule has 2 aliphatic rings. The van der Waals surface area contributed by atoms with Crippen LogP contribution in [0.25, 0.3) is 0 Å². The summed E-state index contributed by atoms with van der Waals surface area (Å²) in [6.07, 6.45) is 8.87. The molecule has 2 aliphatic heterocycles. The maximum Gasteiger partial charge on any atom is 0.225 e. The number of hydrogen-bond acceptors (Lipinski definition) is 8. The van der Waals surface area contributed by atoms with Gasteiger partial charge in [-0.15, -0.1) is 0 Å². The Morgan fingerprint density at radius 3 is 2.35 bits per heavy atom. The highest BCUT2D eigenvalue weighted by Gasteiger charge is 2.33. The number of carbonyl (C=O) groups excluding carboxylic acids is 1. The van der Waals surface area contributed by atoms with Crippen LogP contribution in [0.4, 0.5) is 5.95 Å². The van der Waals surface area contributed by atoms with Gasteiger partial charge in [0.1, 0.15) is 11.8 Å². The number of nitrogens with two attached hydrogens (primary N) is 1. The van der Waals surface area contributed by atoms with Crippen molar-refractivity contribution in [2.24, 2.45) is 17.0 Å². The fraction of sp³-hybridized carbons (Fsp3) is 0.560. The van der Waals surface area contributed by atoms with Crippen molar-refractivity contribution in [3.05, 3.63) is 48.0 Å². The molecule has 0 aliphatic carbocycles. The van der Waals surface area contributed by atoms with Gasteiger partial charge in [0.15, 0.2) is 0 Å². The Kier molecular flexibility index (Phi) is 8.05. The van der Waals surface area contributed by atoms with E-state index in [-0.39, 0.29) is 17.9 Å². The van der Waals surface area contributed by atoms with Gasteiger partial charge in [-0.3, -0.25) is 14.7 Å². The van der Waals surface area contributed by atoms with E-state index in [1.807, 2.05) is 36.9 Å². The third-order valence-corrected chi connectivity index (χ3v) is 6.55. The molecule has 0 saturated carbocycles. The minimum atomic E-state index is 0.0128. The number of amides is 1. The molecule has 0 atom stereocenters. The molecule has 9 heteroatoms. The summed E-state index contributed by atoms with van der Waals surface area (Å²) in [4.78, 5) is 35.8. The second-order valence-electron chi connectivity index (χ2n) is 9.45. The zero-order chi connectivity index (χ0) is 23.9. The minimum absolute atomic E-state index is 0.0128. The molecule has 0 unspecified atom stereocenters. The first-order chi connectivity index (χ1) is 16.5. The smallest absolute Gasteiger partial charge is 0.225 e. The molecule has 0 aromatic carbocycles. The maximum absolute atomic E-state index is 13.2. The lowest BCUT2D eigenvalue weighted by atomic mass is 9.88. The third-order valence-electron chi connectivity index (χ3n) is 6.55. The number of carbonyl (C=O) groups is 1. The monoisotopic (exact) mass is 465 g/mol. The predicted octanol–water partition coefficient (Wildman–Crippen LogP) is 2.73. The fourth-order valence-corrected chi connectivity index (χ4v) is 4.68. The minimum Gasteiger partial charge on any atom is -0.393 e. The van der Waals surface area contributed by atoms with E-state index >= 15 is 0 Å². The van der Waals surface area contributed by atoms with Crippen molar-refractivity contribution in [2.45, 2.75) is 52.2 Å². The van der Waals surface area contributed by atoms with E-state index in [0.717, 1.165) is 75.4 Å². The van der Waals surface area contributed by atoms with E-state index < -0.39 is 0 Å². The van der Waals surface area contributed by atoms with Crippen molar-refractivity contribution < 1.29 is 9.63 Å². The highest BCUT2D eigenvalue weighted by Crippen LogP contribution is 2.26. The van der Waals surface area contributed by atoms with E-state index in [2.05, 4.69) is 25.0 Å². The molecular formula is C25H35N7O2. The summed E-state index contributed by atoms with van der Waals surface area (Å²) in [6, 6.07) is 5.85. The maximum atomic E-state index is 13.2. The van der Waals surface area contributed by atoms with Crippen LogP contribution < -0.4 is 5.73 Å². The van der Waals surface area contributed by atoms with Crippen LogP contribution in [0.1, 0.15) is 50.8 Å². The molecule has 2 aromatic heterocycles. The largest absolute Gasteiger partial charge is 0.393 e. The number of pyridine rings is 1. The summed E-state index contributed by atoms with van der Waals surface area (Å²) in [6.45, 7) is 8.03. The summed E-state index contributed by atoms with van der Waals surface area (Å²) >= 11 is 0. The van der Waals surface area contributed by atoms with Crippen LogP contribution >= 0.6 is 0 Å². The SMILES string of the molecule is CC(C)O/N=C(\c1ccccn1)C1CCN(C(=O)C2CCN(Cc3cnc(N)nc3)CC2)CC1. The summed E-state index contributed by atoms with van der Waals surface area (Å²) in [7, 11) is 0.